The van der Waals surface area contributed by atoms with Crippen LogP contribution in [0.15, 0.2) is 17.0 Å². The minimum atomic E-state index is -5.85. The largest absolute Gasteiger partial charge is 0.537 e. The van der Waals surface area contributed by atoms with Crippen LogP contribution in [0, 0.1) is 21.7 Å². The lowest BCUT2D eigenvalue weighted by molar-refractivity contribution is -0.388. The van der Waals surface area contributed by atoms with Gasteiger partial charge < -0.3 is 0 Å². The van der Waals surface area contributed by atoms with Crippen LogP contribution in [0.3, 0.4) is 0 Å². The van der Waals surface area contributed by atoms with Crippen molar-refractivity contribution in [2.45, 2.75) is 11.3 Å². The molecule has 6 nitrogen and oxygen atoms in total. The van der Waals surface area contributed by atoms with Gasteiger partial charge in [0.2, 0.25) is 4.90 Å². The van der Waals surface area contributed by atoms with Gasteiger partial charge in [-0.05, 0) is 0 Å². The second kappa shape index (κ2) is 4.70. The van der Waals surface area contributed by atoms with Gasteiger partial charge >= 0.3 is 16.5 Å². The molecule has 12 heteroatoms. The van der Waals surface area contributed by atoms with Crippen molar-refractivity contribution >= 4 is 15.8 Å². The minimum Gasteiger partial charge on any atom is -0.258 e. The van der Waals surface area contributed by atoms with Crippen LogP contribution >= 0.6 is 0 Å². The molecule has 0 aliphatic heterocycles. The summed E-state index contributed by atoms with van der Waals surface area (Å²) in [7, 11) is -5.85. The number of alkyl halides is 3. The lowest BCUT2D eigenvalue weighted by atomic mass is 10.3. The van der Waals surface area contributed by atoms with E-state index < -0.39 is 43.6 Å². The fourth-order valence-corrected chi connectivity index (χ4v) is 2.12. The molecule has 1 rings (SSSR count). The number of nitro groups is 1. The highest BCUT2D eigenvalue weighted by atomic mass is 32.2. The molecule has 0 aromatic heterocycles. The molecule has 1 aromatic carbocycles. The van der Waals surface area contributed by atoms with Gasteiger partial charge in [0, 0.05) is 6.07 Å². The quantitative estimate of drug-likeness (QED) is 0.369. The Bertz CT molecular complexity index is 626. The van der Waals surface area contributed by atoms with E-state index in [4.69, 9.17) is 0 Å². The van der Waals surface area contributed by atoms with Gasteiger partial charge in [0.05, 0.1) is 11.0 Å². The Balaban J connectivity index is 3.54. The van der Waals surface area contributed by atoms with Gasteiger partial charge in [-0.15, -0.1) is 13.2 Å². The molecular formula is C7H2F5NO5S. The molecule has 0 aliphatic carbocycles. The third kappa shape index (κ3) is 3.57. The summed E-state index contributed by atoms with van der Waals surface area (Å²) in [6, 6.07) is -0.171. The Hall–Kier alpha value is -1.82. The van der Waals surface area contributed by atoms with Gasteiger partial charge in [-0.3, -0.25) is 10.1 Å². The van der Waals surface area contributed by atoms with Crippen molar-refractivity contribution in [3.63, 3.8) is 0 Å². The lowest BCUT2D eigenvalue weighted by Crippen LogP contribution is -2.21. The first-order chi connectivity index (χ1) is 8.44. The molecule has 0 atom stereocenters. The number of benzene rings is 1. The molecule has 0 bridgehead atoms. The maximum absolute atomic E-state index is 13.2. The molecule has 0 fully saturated rings. The first-order valence-electron chi connectivity index (χ1n) is 4.10. The average molecular weight is 307 g/mol. The van der Waals surface area contributed by atoms with Crippen molar-refractivity contribution in [1.82, 2.24) is 0 Å². The van der Waals surface area contributed by atoms with Crippen LogP contribution in [0.25, 0.3) is 0 Å². The molecule has 0 amide bonds. The Morgan fingerprint density at radius 3 is 2.16 bits per heavy atom. The standard InChI is InChI=1S/C7H2F5NO5S/c8-3-1-4(9)6(5(2-3)13(14)15)19(16,17)18-7(10,11)12/h1-2H. The van der Waals surface area contributed by atoms with Crippen molar-refractivity contribution in [2.24, 2.45) is 0 Å². The molecule has 0 saturated carbocycles. The van der Waals surface area contributed by atoms with E-state index >= 15 is 0 Å². The summed E-state index contributed by atoms with van der Waals surface area (Å²) in [5, 5.41) is 10.4. The molecule has 106 valence electrons. The average Bonchev–Trinajstić information content (AvgIpc) is 2.10. The fourth-order valence-electron chi connectivity index (χ4n) is 1.10. The van der Waals surface area contributed by atoms with E-state index in [-0.39, 0.29) is 12.1 Å². The van der Waals surface area contributed by atoms with Gasteiger partial charge in [0.15, 0.2) is 5.82 Å². The van der Waals surface area contributed by atoms with Crippen molar-refractivity contribution in [3.8, 4) is 0 Å². The van der Waals surface area contributed by atoms with Crippen molar-refractivity contribution in [2.75, 3.05) is 0 Å². The summed E-state index contributed by atoms with van der Waals surface area (Å²) in [6.45, 7) is 0. The van der Waals surface area contributed by atoms with Crippen LogP contribution in [-0.4, -0.2) is 19.7 Å². The predicted molar refractivity (Wildman–Crippen MR) is 47.3 cm³/mol. The highest BCUT2D eigenvalue weighted by Gasteiger charge is 2.42. The normalized spacial score (nSPS) is 12.5. The molecule has 0 saturated heterocycles. The van der Waals surface area contributed by atoms with Crippen molar-refractivity contribution < 1.29 is 39.5 Å². The second-order valence-corrected chi connectivity index (χ2v) is 4.46. The minimum absolute atomic E-state index is 0.0459. The van der Waals surface area contributed by atoms with E-state index in [0.29, 0.717) is 0 Å². The molecular weight excluding hydrogens is 305 g/mol. The summed E-state index contributed by atoms with van der Waals surface area (Å²) in [5.41, 5.74) is -1.71. The SMILES string of the molecule is O=[N+]([O-])c1cc(F)cc(F)c1S(=O)(=O)OC(F)(F)F. The van der Waals surface area contributed by atoms with Crippen molar-refractivity contribution in [3.05, 3.63) is 33.9 Å². The van der Waals surface area contributed by atoms with Crippen LogP contribution in [0.2, 0.25) is 0 Å². The van der Waals surface area contributed by atoms with Crippen LogP contribution in [0.1, 0.15) is 0 Å². The molecule has 0 heterocycles. The van der Waals surface area contributed by atoms with Crippen LogP contribution in [0.5, 0.6) is 0 Å². The number of nitrogens with zero attached hydrogens (tertiary/aromatic N) is 1. The number of hydrogen-bond acceptors (Lipinski definition) is 5. The van der Waals surface area contributed by atoms with E-state index in [1.807, 2.05) is 0 Å². The van der Waals surface area contributed by atoms with Crippen molar-refractivity contribution in [1.29, 1.82) is 0 Å². The molecule has 0 N–H and O–H groups in total. The Kier molecular flexibility index (Phi) is 3.77. The summed E-state index contributed by atoms with van der Waals surface area (Å²) in [4.78, 5) is 6.85. The van der Waals surface area contributed by atoms with Gasteiger partial charge in [-0.2, -0.15) is 12.6 Å². The Labute approximate surface area is 101 Å². The number of hydrogen-bond donors (Lipinski definition) is 0. The summed E-state index contributed by atoms with van der Waals surface area (Å²) in [6.07, 6.45) is -5.71. The molecule has 1 aromatic rings. The van der Waals surface area contributed by atoms with E-state index in [9.17, 15) is 40.5 Å². The highest BCUT2D eigenvalue weighted by molar-refractivity contribution is 7.87. The lowest BCUT2D eigenvalue weighted by Gasteiger charge is -2.09. The zero-order valence-electron chi connectivity index (χ0n) is 8.44. The highest BCUT2D eigenvalue weighted by Crippen LogP contribution is 2.32. The van der Waals surface area contributed by atoms with Gasteiger partial charge in [-0.1, -0.05) is 0 Å². The number of rotatable bonds is 3. The first-order valence-corrected chi connectivity index (χ1v) is 5.50. The molecule has 19 heavy (non-hydrogen) atoms. The molecule has 0 radical (unpaired) electrons. The summed E-state index contributed by atoms with van der Waals surface area (Å²) in [5.74, 6) is -3.61. The Morgan fingerprint density at radius 1 is 1.21 bits per heavy atom. The first kappa shape index (κ1) is 15.2. The monoisotopic (exact) mass is 307 g/mol. The number of halogens is 5. The van der Waals surface area contributed by atoms with Crippen LogP contribution in [0.4, 0.5) is 27.6 Å². The molecule has 0 aliphatic rings. The number of nitro benzene ring substituents is 1. The van der Waals surface area contributed by atoms with Gasteiger partial charge in [-0.25, -0.2) is 8.78 Å². The maximum atomic E-state index is 13.2. The van der Waals surface area contributed by atoms with Gasteiger partial charge in [0.25, 0.3) is 5.69 Å². The van der Waals surface area contributed by atoms with Crippen LogP contribution < -0.4 is 0 Å². The second-order valence-electron chi connectivity index (χ2n) is 2.98. The smallest absolute Gasteiger partial charge is 0.258 e. The predicted octanol–water partition coefficient (Wildman–Crippen LogP) is 2.10. The molecule has 0 unspecified atom stereocenters. The molecule has 0 spiro atoms. The van der Waals surface area contributed by atoms with E-state index in [0.717, 1.165) is 0 Å². The third-order valence-electron chi connectivity index (χ3n) is 1.64. The summed E-state index contributed by atoms with van der Waals surface area (Å²) >= 11 is 0. The fraction of sp³-hybridized carbons (Fsp3) is 0.143. The topological polar surface area (TPSA) is 86.5 Å². The zero-order valence-corrected chi connectivity index (χ0v) is 9.26. The van der Waals surface area contributed by atoms with E-state index in [2.05, 4.69) is 4.18 Å². The van der Waals surface area contributed by atoms with E-state index in [1.54, 1.807) is 0 Å². The maximum Gasteiger partial charge on any atom is 0.537 e. The zero-order chi connectivity index (χ0) is 15.0. The van der Waals surface area contributed by atoms with Crippen LogP contribution in [-0.2, 0) is 14.3 Å². The van der Waals surface area contributed by atoms with Gasteiger partial charge in [0.1, 0.15) is 5.82 Å². The third-order valence-corrected chi connectivity index (χ3v) is 2.95. The summed E-state index contributed by atoms with van der Waals surface area (Å²) < 4.78 is 86.1. The Morgan fingerprint density at radius 2 is 1.74 bits per heavy atom. The van der Waals surface area contributed by atoms with E-state index in [1.165, 1.54) is 0 Å².